The molecule has 1 atom stereocenters. The maximum atomic E-state index is 4.51. The van der Waals surface area contributed by atoms with Gasteiger partial charge in [-0.3, -0.25) is 4.98 Å². The van der Waals surface area contributed by atoms with Crippen LogP contribution in [0.3, 0.4) is 0 Å². The van der Waals surface area contributed by atoms with Crippen molar-refractivity contribution in [2.45, 2.75) is 33.2 Å². The highest BCUT2D eigenvalue weighted by Gasteiger charge is 2.07. The van der Waals surface area contributed by atoms with Gasteiger partial charge in [-0.15, -0.1) is 0 Å². The molecule has 0 spiro atoms. The molecule has 2 rings (SSSR count). The molecule has 2 aromatic rings. The quantitative estimate of drug-likeness (QED) is 0.869. The van der Waals surface area contributed by atoms with Crippen LogP contribution in [-0.4, -0.2) is 17.6 Å². The van der Waals surface area contributed by atoms with Gasteiger partial charge in [0.1, 0.15) is 0 Å². The summed E-state index contributed by atoms with van der Waals surface area (Å²) in [7, 11) is 0. The summed E-state index contributed by atoms with van der Waals surface area (Å²) in [5.74, 6) is 0.625. The van der Waals surface area contributed by atoms with E-state index in [-0.39, 0.29) is 0 Å². The molecule has 96 valence electrons. The van der Waals surface area contributed by atoms with Gasteiger partial charge >= 0.3 is 0 Å². The van der Waals surface area contributed by atoms with Crippen molar-refractivity contribution in [1.82, 2.24) is 10.3 Å². The van der Waals surface area contributed by atoms with E-state index in [4.69, 9.17) is 0 Å². The van der Waals surface area contributed by atoms with Gasteiger partial charge in [-0.2, -0.15) is 0 Å². The van der Waals surface area contributed by atoms with Crippen LogP contribution in [0.15, 0.2) is 36.5 Å². The average molecular weight is 242 g/mol. The van der Waals surface area contributed by atoms with Crippen LogP contribution >= 0.6 is 0 Å². The Bertz CT molecular complexity index is 500. The van der Waals surface area contributed by atoms with E-state index in [1.165, 1.54) is 10.9 Å². The summed E-state index contributed by atoms with van der Waals surface area (Å²) in [5.41, 5.74) is 2.50. The molecule has 1 aromatic carbocycles. The Morgan fingerprint density at radius 3 is 2.67 bits per heavy atom. The number of hydrogen-bond donors (Lipinski definition) is 1. The van der Waals surface area contributed by atoms with Gasteiger partial charge in [0.2, 0.25) is 0 Å². The van der Waals surface area contributed by atoms with Crippen molar-refractivity contribution in [2.24, 2.45) is 5.92 Å². The number of nitrogens with zero attached hydrogens (tertiary/aromatic N) is 1. The van der Waals surface area contributed by atoms with Gasteiger partial charge in [0, 0.05) is 17.6 Å². The molecule has 1 N–H and O–H groups in total. The van der Waals surface area contributed by atoms with Gasteiger partial charge < -0.3 is 5.32 Å². The summed E-state index contributed by atoms with van der Waals surface area (Å²) >= 11 is 0. The highest BCUT2D eigenvalue weighted by atomic mass is 14.9. The van der Waals surface area contributed by atoms with Crippen LogP contribution in [0.2, 0.25) is 0 Å². The van der Waals surface area contributed by atoms with Gasteiger partial charge in [0.25, 0.3) is 0 Å². The van der Waals surface area contributed by atoms with Crippen LogP contribution in [0.5, 0.6) is 0 Å². The first-order chi connectivity index (χ1) is 8.66. The van der Waals surface area contributed by atoms with Gasteiger partial charge in [-0.05, 0) is 30.5 Å². The van der Waals surface area contributed by atoms with E-state index in [2.05, 4.69) is 55.3 Å². The number of para-hydroxylation sites is 1. The first-order valence-corrected chi connectivity index (χ1v) is 6.73. The summed E-state index contributed by atoms with van der Waals surface area (Å²) in [6, 6.07) is 11.1. The van der Waals surface area contributed by atoms with Gasteiger partial charge in [-0.1, -0.05) is 45.0 Å². The standard InChI is InChI=1S/C16H22N2/c1-12(2)18-11-13(3)10-15-7-4-6-14-8-5-9-17-16(14)15/h4-9,12-13,18H,10-11H2,1-3H3. The Morgan fingerprint density at radius 2 is 1.89 bits per heavy atom. The zero-order chi connectivity index (χ0) is 13.0. The third-order valence-corrected chi connectivity index (χ3v) is 3.16. The molecule has 0 saturated carbocycles. The minimum atomic E-state index is 0.554. The van der Waals surface area contributed by atoms with E-state index in [1.54, 1.807) is 0 Å². The van der Waals surface area contributed by atoms with Crippen molar-refractivity contribution >= 4 is 10.9 Å². The molecule has 18 heavy (non-hydrogen) atoms. The fourth-order valence-corrected chi connectivity index (χ4v) is 2.22. The first-order valence-electron chi connectivity index (χ1n) is 6.73. The van der Waals surface area contributed by atoms with E-state index in [1.807, 2.05) is 12.3 Å². The minimum Gasteiger partial charge on any atom is -0.314 e. The Balaban J connectivity index is 2.11. The molecule has 0 aliphatic heterocycles. The third kappa shape index (κ3) is 3.30. The van der Waals surface area contributed by atoms with E-state index < -0.39 is 0 Å². The lowest BCUT2D eigenvalue weighted by Gasteiger charge is -2.15. The van der Waals surface area contributed by atoms with Gasteiger partial charge in [-0.25, -0.2) is 0 Å². The summed E-state index contributed by atoms with van der Waals surface area (Å²) in [6.45, 7) is 7.72. The molecule has 2 nitrogen and oxygen atoms in total. The number of hydrogen-bond acceptors (Lipinski definition) is 2. The molecule has 1 aromatic heterocycles. The second-order valence-electron chi connectivity index (χ2n) is 5.36. The fourth-order valence-electron chi connectivity index (χ4n) is 2.22. The van der Waals surface area contributed by atoms with Gasteiger partial charge in [0.15, 0.2) is 0 Å². The average Bonchev–Trinajstić information content (AvgIpc) is 2.37. The Kier molecular flexibility index (Phi) is 4.32. The van der Waals surface area contributed by atoms with E-state index in [0.717, 1.165) is 18.5 Å². The molecule has 1 heterocycles. The van der Waals surface area contributed by atoms with Crippen molar-refractivity contribution in [3.8, 4) is 0 Å². The molecule has 0 radical (unpaired) electrons. The lowest BCUT2D eigenvalue weighted by Crippen LogP contribution is -2.28. The number of rotatable bonds is 5. The lowest BCUT2D eigenvalue weighted by atomic mass is 9.98. The van der Waals surface area contributed by atoms with E-state index >= 15 is 0 Å². The SMILES string of the molecule is CC(CNC(C)C)Cc1cccc2cccnc12. The zero-order valence-corrected chi connectivity index (χ0v) is 11.5. The van der Waals surface area contributed by atoms with Crippen molar-refractivity contribution in [3.05, 3.63) is 42.1 Å². The molecule has 0 aliphatic carbocycles. The first kappa shape index (κ1) is 13.0. The number of fused-ring (bicyclic) bond motifs is 1. The topological polar surface area (TPSA) is 24.9 Å². The Hall–Kier alpha value is -1.41. The second-order valence-corrected chi connectivity index (χ2v) is 5.36. The molecule has 0 aliphatic rings. The van der Waals surface area contributed by atoms with Gasteiger partial charge in [0.05, 0.1) is 5.52 Å². The van der Waals surface area contributed by atoms with Crippen LogP contribution in [0.4, 0.5) is 0 Å². The molecule has 1 unspecified atom stereocenters. The predicted molar refractivity (Wildman–Crippen MR) is 77.7 cm³/mol. The molecule has 2 heteroatoms. The van der Waals surface area contributed by atoms with Crippen LogP contribution in [0.25, 0.3) is 10.9 Å². The molecule has 0 amide bonds. The minimum absolute atomic E-state index is 0.554. The van der Waals surface area contributed by atoms with Crippen LogP contribution < -0.4 is 5.32 Å². The number of benzene rings is 1. The maximum absolute atomic E-state index is 4.51. The number of aromatic nitrogens is 1. The Labute approximate surface area is 109 Å². The molecular weight excluding hydrogens is 220 g/mol. The third-order valence-electron chi connectivity index (χ3n) is 3.16. The largest absolute Gasteiger partial charge is 0.314 e. The summed E-state index contributed by atoms with van der Waals surface area (Å²) < 4.78 is 0. The monoisotopic (exact) mass is 242 g/mol. The van der Waals surface area contributed by atoms with Crippen molar-refractivity contribution in [1.29, 1.82) is 0 Å². The Morgan fingerprint density at radius 1 is 1.11 bits per heavy atom. The molecule has 0 fully saturated rings. The van der Waals surface area contributed by atoms with Crippen LogP contribution in [0, 0.1) is 5.92 Å². The van der Waals surface area contributed by atoms with Crippen molar-refractivity contribution in [2.75, 3.05) is 6.54 Å². The highest BCUT2D eigenvalue weighted by Crippen LogP contribution is 2.18. The second kappa shape index (κ2) is 5.96. The molecule has 0 saturated heterocycles. The zero-order valence-electron chi connectivity index (χ0n) is 11.5. The summed E-state index contributed by atoms with van der Waals surface area (Å²) in [4.78, 5) is 4.51. The lowest BCUT2D eigenvalue weighted by molar-refractivity contribution is 0.476. The summed E-state index contributed by atoms with van der Waals surface area (Å²) in [5, 5.41) is 4.73. The maximum Gasteiger partial charge on any atom is 0.0733 e. The molecule has 0 bridgehead atoms. The smallest absolute Gasteiger partial charge is 0.0733 e. The highest BCUT2D eigenvalue weighted by molar-refractivity contribution is 5.81. The van der Waals surface area contributed by atoms with Crippen molar-refractivity contribution in [3.63, 3.8) is 0 Å². The fraction of sp³-hybridized carbons (Fsp3) is 0.438. The van der Waals surface area contributed by atoms with E-state index in [9.17, 15) is 0 Å². The number of pyridine rings is 1. The van der Waals surface area contributed by atoms with Crippen LogP contribution in [0.1, 0.15) is 26.3 Å². The normalized spacial score (nSPS) is 13.1. The van der Waals surface area contributed by atoms with E-state index in [0.29, 0.717) is 12.0 Å². The number of nitrogens with one attached hydrogen (secondary N) is 1. The molecular formula is C16H22N2. The summed E-state index contributed by atoms with van der Waals surface area (Å²) in [6.07, 6.45) is 2.96. The van der Waals surface area contributed by atoms with Crippen molar-refractivity contribution < 1.29 is 0 Å². The van der Waals surface area contributed by atoms with Crippen LogP contribution in [-0.2, 0) is 6.42 Å². The predicted octanol–water partition coefficient (Wildman–Crippen LogP) is 3.41.